The van der Waals surface area contributed by atoms with Gasteiger partial charge in [0.25, 0.3) is 0 Å². The van der Waals surface area contributed by atoms with E-state index in [0.29, 0.717) is 31.0 Å². The number of cyclic esters (lactones) is 1. The number of carbonyl (C=O) groups excluding carboxylic acids is 3. The number of benzene rings is 2. The van der Waals surface area contributed by atoms with E-state index in [1.54, 1.807) is 23.1 Å². The SMILES string of the molecule is C=CC(=O)Oc1cccc(N(Cc2ccc(CC3CCCOC3=O)cc2)C(=O)C2CCCCC2)c1. The third-order valence-corrected chi connectivity index (χ3v) is 6.86. The molecule has 35 heavy (non-hydrogen) atoms. The Morgan fingerprint density at radius 1 is 1.00 bits per heavy atom. The van der Waals surface area contributed by atoms with Crippen molar-refractivity contribution in [3.8, 4) is 5.75 Å². The highest BCUT2D eigenvalue weighted by atomic mass is 16.5. The van der Waals surface area contributed by atoms with Crippen molar-refractivity contribution in [2.24, 2.45) is 11.8 Å². The summed E-state index contributed by atoms with van der Waals surface area (Å²) in [7, 11) is 0. The fraction of sp³-hybridized carbons (Fsp3) is 0.414. The van der Waals surface area contributed by atoms with Crippen molar-refractivity contribution >= 4 is 23.5 Å². The summed E-state index contributed by atoms with van der Waals surface area (Å²) in [4.78, 5) is 39.1. The van der Waals surface area contributed by atoms with Crippen LogP contribution in [0.15, 0.2) is 61.2 Å². The van der Waals surface area contributed by atoms with Gasteiger partial charge in [-0.1, -0.05) is 56.2 Å². The van der Waals surface area contributed by atoms with Crippen LogP contribution in [0, 0.1) is 11.8 Å². The maximum Gasteiger partial charge on any atom is 0.335 e. The molecule has 2 aromatic carbocycles. The number of ether oxygens (including phenoxy) is 2. The van der Waals surface area contributed by atoms with E-state index < -0.39 is 5.97 Å². The van der Waals surface area contributed by atoms with E-state index in [9.17, 15) is 14.4 Å². The van der Waals surface area contributed by atoms with E-state index in [-0.39, 0.29) is 23.7 Å². The molecular weight excluding hydrogens is 442 g/mol. The molecule has 0 aromatic heterocycles. The first kappa shape index (κ1) is 24.7. The fourth-order valence-electron chi connectivity index (χ4n) is 4.91. The average Bonchev–Trinajstić information content (AvgIpc) is 2.89. The minimum absolute atomic E-state index is 0.000260. The van der Waals surface area contributed by atoms with Crippen LogP contribution < -0.4 is 9.64 Å². The van der Waals surface area contributed by atoms with Crippen LogP contribution in [0.3, 0.4) is 0 Å². The fourth-order valence-corrected chi connectivity index (χ4v) is 4.91. The van der Waals surface area contributed by atoms with Gasteiger partial charge in [-0.2, -0.15) is 0 Å². The average molecular weight is 476 g/mol. The normalized spacial score (nSPS) is 18.4. The first-order valence-corrected chi connectivity index (χ1v) is 12.5. The van der Waals surface area contributed by atoms with Gasteiger partial charge in [0.05, 0.1) is 19.1 Å². The number of rotatable bonds is 8. The van der Waals surface area contributed by atoms with Crippen LogP contribution in [0.5, 0.6) is 5.75 Å². The summed E-state index contributed by atoms with van der Waals surface area (Å²) in [5, 5.41) is 0. The summed E-state index contributed by atoms with van der Waals surface area (Å²) < 4.78 is 10.5. The lowest BCUT2D eigenvalue weighted by Crippen LogP contribution is -2.36. The van der Waals surface area contributed by atoms with Gasteiger partial charge in [0.1, 0.15) is 5.75 Å². The van der Waals surface area contributed by atoms with Crippen molar-refractivity contribution in [2.45, 2.75) is 57.9 Å². The molecule has 1 atom stereocenters. The Balaban J connectivity index is 1.53. The zero-order valence-corrected chi connectivity index (χ0v) is 20.1. The molecule has 2 aliphatic rings. The van der Waals surface area contributed by atoms with Crippen molar-refractivity contribution in [1.29, 1.82) is 0 Å². The van der Waals surface area contributed by atoms with Crippen LogP contribution >= 0.6 is 0 Å². The molecule has 1 amide bonds. The zero-order chi connectivity index (χ0) is 24.6. The minimum Gasteiger partial charge on any atom is -0.465 e. The molecule has 0 N–H and O–H groups in total. The summed E-state index contributed by atoms with van der Waals surface area (Å²) >= 11 is 0. The third-order valence-electron chi connectivity index (χ3n) is 6.86. The Labute approximate surface area is 206 Å². The second kappa shape index (κ2) is 11.8. The number of anilines is 1. The van der Waals surface area contributed by atoms with Gasteiger partial charge in [0.2, 0.25) is 5.91 Å². The van der Waals surface area contributed by atoms with Gasteiger partial charge < -0.3 is 14.4 Å². The van der Waals surface area contributed by atoms with E-state index >= 15 is 0 Å². The molecule has 1 saturated heterocycles. The molecule has 184 valence electrons. The molecule has 1 heterocycles. The number of hydrogen-bond acceptors (Lipinski definition) is 5. The van der Waals surface area contributed by atoms with Gasteiger partial charge in [-0.3, -0.25) is 9.59 Å². The molecule has 1 unspecified atom stereocenters. The van der Waals surface area contributed by atoms with E-state index in [1.165, 1.54) is 6.42 Å². The molecule has 1 saturated carbocycles. The van der Waals surface area contributed by atoms with Gasteiger partial charge >= 0.3 is 11.9 Å². The quantitative estimate of drug-likeness (QED) is 0.291. The monoisotopic (exact) mass is 475 g/mol. The molecule has 4 rings (SSSR count). The van der Waals surface area contributed by atoms with Crippen LogP contribution in [-0.4, -0.2) is 24.5 Å². The molecule has 1 aliphatic heterocycles. The second-order valence-electron chi connectivity index (χ2n) is 9.41. The maximum atomic E-state index is 13.6. The number of carbonyl (C=O) groups is 3. The number of nitrogens with zero attached hydrogens (tertiary/aromatic N) is 1. The van der Waals surface area contributed by atoms with Crippen LogP contribution in [0.4, 0.5) is 5.69 Å². The Morgan fingerprint density at radius 3 is 2.46 bits per heavy atom. The molecule has 2 fully saturated rings. The first-order chi connectivity index (χ1) is 17.0. The van der Waals surface area contributed by atoms with E-state index in [4.69, 9.17) is 9.47 Å². The lowest BCUT2D eigenvalue weighted by molar-refractivity contribution is -0.152. The van der Waals surface area contributed by atoms with Gasteiger partial charge in [-0.05, 0) is 55.4 Å². The van der Waals surface area contributed by atoms with Crippen LogP contribution in [-0.2, 0) is 32.1 Å². The van der Waals surface area contributed by atoms with Gasteiger partial charge in [-0.15, -0.1) is 0 Å². The first-order valence-electron chi connectivity index (χ1n) is 12.5. The summed E-state index contributed by atoms with van der Waals surface area (Å²) in [6, 6.07) is 15.2. The van der Waals surface area contributed by atoms with Crippen LogP contribution in [0.25, 0.3) is 0 Å². The van der Waals surface area contributed by atoms with Crippen molar-refractivity contribution in [1.82, 2.24) is 0 Å². The van der Waals surface area contributed by atoms with Gasteiger partial charge in [0, 0.05) is 23.7 Å². The summed E-state index contributed by atoms with van der Waals surface area (Å²) in [6.45, 7) is 4.38. The smallest absolute Gasteiger partial charge is 0.335 e. The van der Waals surface area contributed by atoms with Crippen molar-refractivity contribution in [3.05, 3.63) is 72.3 Å². The van der Waals surface area contributed by atoms with Crippen LogP contribution in [0.2, 0.25) is 0 Å². The van der Waals surface area contributed by atoms with Crippen LogP contribution in [0.1, 0.15) is 56.1 Å². The van der Waals surface area contributed by atoms with Crippen molar-refractivity contribution in [2.75, 3.05) is 11.5 Å². The molecule has 0 radical (unpaired) electrons. The molecule has 1 aliphatic carbocycles. The summed E-state index contributed by atoms with van der Waals surface area (Å²) in [6.07, 6.45) is 8.66. The highest BCUT2D eigenvalue weighted by Crippen LogP contribution is 2.30. The molecule has 6 nitrogen and oxygen atoms in total. The highest BCUT2D eigenvalue weighted by Gasteiger charge is 2.28. The van der Waals surface area contributed by atoms with Crippen molar-refractivity contribution in [3.63, 3.8) is 0 Å². The zero-order valence-electron chi connectivity index (χ0n) is 20.1. The lowest BCUT2D eigenvalue weighted by Gasteiger charge is -2.30. The largest absolute Gasteiger partial charge is 0.465 e. The highest BCUT2D eigenvalue weighted by molar-refractivity contribution is 5.95. The van der Waals surface area contributed by atoms with Crippen molar-refractivity contribution < 1.29 is 23.9 Å². The molecule has 0 spiro atoms. The van der Waals surface area contributed by atoms with Gasteiger partial charge in [-0.25, -0.2) is 4.79 Å². The van der Waals surface area contributed by atoms with Gasteiger partial charge in [0.15, 0.2) is 0 Å². The molecule has 0 bridgehead atoms. The van der Waals surface area contributed by atoms with E-state index in [1.807, 2.05) is 30.3 Å². The number of esters is 2. The third kappa shape index (κ3) is 6.59. The minimum atomic E-state index is -0.537. The Morgan fingerprint density at radius 2 is 1.74 bits per heavy atom. The molecule has 2 aromatic rings. The molecule has 6 heteroatoms. The lowest BCUT2D eigenvalue weighted by atomic mass is 9.88. The Bertz CT molecular complexity index is 1050. The predicted octanol–water partition coefficient (Wildman–Crippen LogP) is 5.39. The van der Waals surface area contributed by atoms with E-state index in [0.717, 1.165) is 55.7 Å². The molecular formula is C29H33NO5. The summed E-state index contributed by atoms with van der Waals surface area (Å²) in [5.74, 6) is -0.249. The topological polar surface area (TPSA) is 72.9 Å². The number of amides is 1. The Kier molecular flexibility index (Phi) is 8.35. The number of hydrogen-bond donors (Lipinski definition) is 0. The standard InChI is InChI=1S/C29H33NO5/c1-2-27(31)35-26-12-6-11-25(19-26)30(28(32)23-8-4-3-5-9-23)20-22-15-13-21(14-16-22)18-24-10-7-17-34-29(24)33/h2,6,11-16,19,23-24H,1,3-5,7-10,17-18,20H2. The Hall–Kier alpha value is -3.41. The summed E-state index contributed by atoms with van der Waals surface area (Å²) in [5.41, 5.74) is 2.78. The second-order valence-corrected chi connectivity index (χ2v) is 9.41. The predicted molar refractivity (Wildman–Crippen MR) is 134 cm³/mol. The maximum absolute atomic E-state index is 13.6. The van der Waals surface area contributed by atoms with E-state index in [2.05, 4.69) is 6.58 Å².